The lowest BCUT2D eigenvalue weighted by Crippen LogP contribution is -2.44. The first-order chi connectivity index (χ1) is 13.2. The van der Waals surface area contributed by atoms with Crippen LogP contribution in [0.3, 0.4) is 0 Å². The number of benzene rings is 1. The topological polar surface area (TPSA) is 154 Å². The van der Waals surface area contributed by atoms with Crippen LogP contribution in [0.2, 0.25) is 0 Å². The molecule has 0 saturated carbocycles. The Hall–Kier alpha value is -2.79. The van der Waals surface area contributed by atoms with Crippen molar-refractivity contribution in [2.75, 3.05) is 12.4 Å². The van der Waals surface area contributed by atoms with Crippen molar-refractivity contribution in [1.29, 1.82) is 0 Å². The van der Waals surface area contributed by atoms with Crippen LogP contribution in [0.25, 0.3) is 0 Å². The maximum absolute atomic E-state index is 12.3. The van der Waals surface area contributed by atoms with Gasteiger partial charge in [-0.25, -0.2) is 4.79 Å². The zero-order valence-electron chi connectivity index (χ0n) is 14.2. The number of hydrogen-bond donors (Lipinski definition) is 4. The highest BCUT2D eigenvalue weighted by molar-refractivity contribution is 7.99. The first-order valence-corrected chi connectivity index (χ1v) is 9.79. The Morgan fingerprint density at radius 3 is 2.54 bits per heavy atom. The van der Waals surface area contributed by atoms with E-state index in [1.54, 1.807) is 18.2 Å². The molecule has 2 atom stereocenters. The lowest BCUT2D eigenvalue weighted by Gasteiger charge is -2.39. The maximum Gasteiger partial charge on any atom is 0.341 e. The van der Waals surface area contributed by atoms with Crippen LogP contribution < -0.4 is 9.61 Å². The number of thioether (sulfide) groups is 1. The summed E-state index contributed by atoms with van der Waals surface area (Å²) < 4.78 is 5.32. The molecule has 148 valence electrons. The van der Waals surface area contributed by atoms with Gasteiger partial charge in [0.05, 0.1) is 16.9 Å². The molecule has 0 unspecified atom stereocenters. The van der Waals surface area contributed by atoms with Crippen LogP contribution in [0.15, 0.2) is 34.1 Å². The van der Waals surface area contributed by atoms with Crippen LogP contribution >= 0.6 is 23.1 Å². The summed E-state index contributed by atoms with van der Waals surface area (Å²) in [4.78, 5) is 49.3. The number of H-pyrrole nitrogens is 1. The van der Waals surface area contributed by atoms with E-state index in [2.05, 4.69) is 4.98 Å². The van der Waals surface area contributed by atoms with Gasteiger partial charge in [0.1, 0.15) is 5.75 Å². The van der Waals surface area contributed by atoms with Gasteiger partial charge in [0, 0.05) is 22.1 Å². The number of para-hydroxylation sites is 1. The van der Waals surface area contributed by atoms with Gasteiger partial charge in [-0.05, 0) is 6.07 Å². The fourth-order valence-electron chi connectivity index (χ4n) is 3.27. The van der Waals surface area contributed by atoms with Crippen molar-refractivity contribution < 1.29 is 34.4 Å². The molecule has 0 amide bonds. The predicted octanol–water partition coefficient (Wildman–Crippen LogP) is 1.68. The Kier molecular flexibility index (Phi) is 5.47. The summed E-state index contributed by atoms with van der Waals surface area (Å²) in [6.45, 7) is -0.645. The third-order valence-corrected chi connectivity index (χ3v) is 6.75. The van der Waals surface area contributed by atoms with Crippen molar-refractivity contribution in [2.24, 2.45) is 5.41 Å². The van der Waals surface area contributed by atoms with Gasteiger partial charge in [0.15, 0.2) is 6.61 Å². The Balaban J connectivity index is 2.23. The number of hydrogen-bond acceptors (Lipinski definition) is 7. The van der Waals surface area contributed by atoms with Gasteiger partial charge < -0.3 is 25.0 Å². The molecule has 1 aromatic heterocycles. The standard InChI is InChI=1S/C17H15NO8S2/c19-10(20)5-17(15(23)24)7-27-14-13(28-16(25)18-14)12(17)8-3-1-2-4-9(8)26-6-11(21)22/h1-4,12H,5-7H2,(H,18,25)(H,19,20)(H,21,22)(H,23,24)/t12-,17+/m0/s1. The highest BCUT2D eigenvalue weighted by Crippen LogP contribution is 2.55. The summed E-state index contributed by atoms with van der Waals surface area (Å²) in [5.41, 5.74) is -1.42. The van der Waals surface area contributed by atoms with Crippen molar-refractivity contribution in [1.82, 2.24) is 4.98 Å². The molecule has 0 radical (unpaired) electrons. The number of thiazole rings is 1. The number of aromatic amines is 1. The van der Waals surface area contributed by atoms with Crippen molar-refractivity contribution in [2.45, 2.75) is 17.4 Å². The molecule has 9 nitrogen and oxygen atoms in total. The van der Waals surface area contributed by atoms with E-state index in [4.69, 9.17) is 9.84 Å². The summed E-state index contributed by atoms with van der Waals surface area (Å²) >= 11 is 1.90. The van der Waals surface area contributed by atoms with Crippen molar-refractivity contribution >= 4 is 41.0 Å². The summed E-state index contributed by atoms with van der Waals surface area (Å²) in [6, 6.07) is 6.26. The average Bonchev–Trinajstić information content (AvgIpc) is 2.99. The van der Waals surface area contributed by atoms with E-state index in [9.17, 15) is 29.4 Å². The monoisotopic (exact) mass is 425 g/mol. The van der Waals surface area contributed by atoms with E-state index in [1.807, 2.05) is 0 Å². The van der Waals surface area contributed by atoms with Crippen LogP contribution in [0.1, 0.15) is 22.8 Å². The molecule has 2 aromatic rings. The normalized spacial score (nSPS) is 20.9. The molecule has 0 bridgehead atoms. The van der Waals surface area contributed by atoms with E-state index in [1.165, 1.54) is 6.07 Å². The minimum atomic E-state index is -1.74. The van der Waals surface area contributed by atoms with E-state index >= 15 is 0 Å². The predicted molar refractivity (Wildman–Crippen MR) is 99.4 cm³/mol. The molecule has 4 N–H and O–H groups in total. The fourth-order valence-corrected chi connectivity index (χ4v) is 5.82. The first-order valence-electron chi connectivity index (χ1n) is 7.99. The smallest absolute Gasteiger partial charge is 0.341 e. The molecule has 0 aliphatic carbocycles. The summed E-state index contributed by atoms with van der Waals surface area (Å²) in [5.74, 6) is -4.76. The van der Waals surface area contributed by atoms with Crippen LogP contribution in [0, 0.1) is 5.41 Å². The maximum atomic E-state index is 12.3. The number of carboxylic acid groups (broad SMARTS) is 3. The molecular weight excluding hydrogens is 410 g/mol. The first kappa shape index (κ1) is 20.0. The zero-order valence-corrected chi connectivity index (χ0v) is 15.8. The minimum Gasteiger partial charge on any atom is -0.482 e. The molecule has 0 fully saturated rings. The van der Waals surface area contributed by atoms with Crippen molar-refractivity contribution in [3.8, 4) is 5.75 Å². The SMILES string of the molecule is O=C(O)COc1ccccc1[C@H]1c2sc(=O)[nH]c2SC[C@@]1(CC(=O)O)C(=O)O. The minimum absolute atomic E-state index is 0.0771. The van der Waals surface area contributed by atoms with E-state index in [-0.39, 0.29) is 16.4 Å². The highest BCUT2D eigenvalue weighted by Gasteiger charge is 2.54. The molecule has 0 saturated heterocycles. The largest absolute Gasteiger partial charge is 0.482 e. The van der Waals surface area contributed by atoms with Crippen LogP contribution in [0.4, 0.5) is 0 Å². The van der Waals surface area contributed by atoms with Gasteiger partial charge in [-0.1, -0.05) is 29.5 Å². The molecule has 0 spiro atoms. The second-order valence-electron chi connectivity index (χ2n) is 6.18. The van der Waals surface area contributed by atoms with Crippen LogP contribution in [-0.4, -0.2) is 50.6 Å². The second-order valence-corrected chi connectivity index (χ2v) is 8.18. The summed E-state index contributed by atoms with van der Waals surface area (Å²) in [5, 5.41) is 28.8. The van der Waals surface area contributed by atoms with Gasteiger partial charge in [-0.3, -0.25) is 14.4 Å². The number of nitrogens with one attached hydrogen (secondary N) is 1. The van der Waals surface area contributed by atoms with E-state index in [0.717, 1.165) is 23.1 Å². The number of carboxylic acids is 3. The van der Waals surface area contributed by atoms with Gasteiger partial charge >= 0.3 is 22.8 Å². The third-order valence-electron chi connectivity index (χ3n) is 4.40. The molecule has 1 aromatic carbocycles. The average molecular weight is 425 g/mol. The third kappa shape index (κ3) is 3.62. The Bertz CT molecular complexity index is 997. The van der Waals surface area contributed by atoms with Gasteiger partial charge in [-0.2, -0.15) is 0 Å². The van der Waals surface area contributed by atoms with Gasteiger partial charge in [0.2, 0.25) is 0 Å². The Morgan fingerprint density at radius 2 is 1.89 bits per heavy atom. The molecule has 1 aliphatic rings. The number of aliphatic carboxylic acids is 3. The number of rotatable bonds is 7. The number of carbonyl (C=O) groups is 3. The van der Waals surface area contributed by atoms with Crippen LogP contribution in [-0.2, 0) is 14.4 Å². The van der Waals surface area contributed by atoms with Crippen molar-refractivity contribution in [3.63, 3.8) is 0 Å². The highest BCUT2D eigenvalue weighted by atomic mass is 32.2. The molecule has 28 heavy (non-hydrogen) atoms. The fraction of sp³-hybridized carbons (Fsp3) is 0.294. The second kappa shape index (κ2) is 7.68. The summed E-state index contributed by atoms with van der Waals surface area (Å²) in [6.07, 6.45) is -0.668. The van der Waals surface area contributed by atoms with E-state index < -0.39 is 42.3 Å². The van der Waals surface area contributed by atoms with E-state index in [0.29, 0.717) is 15.5 Å². The molecule has 2 heterocycles. The molecule has 3 rings (SSSR count). The van der Waals surface area contributed by atoms with Crippen LogP contribution in [0.5, 0.6) is 5.75 Å². The Labute approximate surface area is 166 Å². The van der Waals surface area contributed by atoms with Gasteiger partial charge in [-0.15, -0.1) is 11.8 Å². The van der Waals surface area contributed by atoms with Crippen molar-refractivity contribution in [3.05, 3.63) is 44.4 Å². The quantitative estimate of drug-likeness (QED) is 0.519. The number of aromatic nitrogens is 1. The number of fused-ring (bicyclic) bond motifs is 1. The lowest BCUT2D eigenvalue weighted by molar-refractivity contribution is -0.155. The zero-order chi connectivity index (χ0) is 20.5. The Morgan fingerprint density at radius 1 is 1.18 bits per heavy atom. The molecule has 1 aliphatic heterocycles. The van der Waals surface area contributed by atoms with Gasteiger partial charge in [0.25, 0.3) is 0 Å². The number of ether oxygens (including phenoxy) is 1. The molecular formula is C17H15NO8S2. The lowest BCUT2D eigenvalue weighted by atomic mass is 9.70. The molecule has 11 heteroatoms. The summed E-state index contributed by atoms with van der Waals surface area (Å²) in [7, 11) is 0.